The summed E-state index contributed by atoms with van der Waals surface area (Å²) in [6.07, 6.45) is 0. The van der Waals surface area contributed by atoms with E-state index in [1.807, 2.05) is 26.0 Å². The minimum atomic E-state index is -0.262. The summed E-state index contributed by atoms with van der Waals surface area (Å²) in [5.74, 6) is -0.255. The molecule has 2 rings (SSSR count). The maximum Gasteiger partial charge on any atom is 0.123 e. The molecule has 2 aromatic carbocycles. The van der Waals surface area contributed by atoms with E-state index >= 15 is 0 Å². The van der Waals surface area contributed by atoms with Crippen molar-refractivity contribution in [2.45, 2.75) is 19.9 Å². The predicted molar refractivity (Wildman–Crippen MR) is 73.4 cm³/mol. The molecule has 2 N–H and O–H groups in total. The van der Waals surface area contributed by atoms with Gasteiger partial charge in [0.05, 0.1) is 6.04 Å². The lowest BCUT2D eigenvalue weighted by Crippen LogP contribution is -2.13. The Bertz CT molecular complexity index is 563. The lowest BCUT2D eigenvalue weighted by Gasteiger charge is -2.16. The zero-order chi connectivity index (χ0) is 13.3. The zero-order valence-corrected chi connectivity index (χ0v) is 11.1. The highest BCUT2D eigenvalue weighted by atomic mass is 35.5. The van der Waals surface area contributed by atoms with E-state index in [2.05, 4.69) is 0 Å². The first-order chi connectivity index (χ1) is 8.49. The standard InChI is InChI=1S/C15H15ClFN/c1-9-8-14(16)10(2)7-13(9)15(18)11-3-5-12(17)6-4-11/h3-8,15H,18H2,1-2H3. The summed E-state index contributed by atoms with van der Waals surface area (Å²) in [5, 5.41) is 0.738. The smallest absolute Gasteiger partial charge is 0.123 e. The molecule has 0 amide bonds. The van der Waals surface area contributed by atoms with Crippen molar-refractivity contribution in [1.29, 1.82) is 0 Å². The first-order valence-electron chi connectivity index (χ1n) is 5.76. The molecule has 18 heavy (non-hydrogen) atoms. The number of halogens is 2. The average Bonchev–Trinajstić information content (AvgIpc) is 2.34. The largest absolute Gasteiger partial charge is 0.320 e. The van der Waals surface area contributed by atoms with Gasteiger partial charge in [0.25, 0.3) is 0 Å². The summed E-state index contributed by atoms with van der Waals surface area (Å²) in [6, 6.07) is 9.91. The van der Waals surface area contributed by atoms with Gasteiger partial charge in [0.2, 0.25) is 0 Å². The molecule has 0 spiro atoms. The van der Waals surface area contributed by atoms with E-state index in [0.29, 0.717) is 0 Å². The molecule has 1 unspecified atom stereocenters. The maximum absolute atomic E-state index is 12.9. The maximum atomic E-state index is 12.9. The Balaban J connectivity index is 2.42. The third-order valence-electron chi connectivity index (χ3n) is 3.11. The van der Waals surface area contributed by atoms with Gasteiger partial charge < -0.3 is 5.73 Å². The second kappa shape index (κ2) is 5.09. The van der Waals surface area contributed by atoms with Crippen LogP contribution in [0.25, 0.3) is 0 Å². The minimum Gasteiger partial charge on any atom is -0.320 e. The molecule has 0 aromatic heterocycles. The van der Waals surface area contributed by atoms with Gasteiger partial charge in [0.1, 0.15) is 5.82 Å². The van der Waals surface area contributed by atoms with Gasteiger partial charge >= 0.3 is 0 Å². The summed E-state index contributed by atoms with van der Waals surface area (Å²) >= 11 is 6.07. The first-order valence-corrected chi connectivity index (χ1v) is 6.14. The highest BCUT2D eigenvalue weighted by molar-refractivity contribution is 6.31. The quantitative estimate of drug-likeness (QED) is 0.866. The van der Waals surface area contributed by atoms with Crippen molar-refractivity contribution in [2.75, 3.05) is 0 Å². The Morgan fingerprint density at radius 3 is 2.28 bits per heavy atom. The van der Waals surface area contributed by atoms with Gasteiger partial charge in [-0.3, -0.25) is 0 Å². The van der Waals surface area contributed by atoms with E-state index in [-0.39, 0.29) is 11.9 Å². The van der Waals surface area contributed by atoms with Crippen LogP contribution in [-0.2, 0) is 0 Å². The highest BCUT2D eigenvalue weighted by Gasteiger charge is 2.13. The number of nitrogens with two attached hydrogens (primary N) is 1. The van der Waals surface area contributed by atoms with Crippen molar-refractivity contribution in [3.05, 3.63) is 69.5 Å². The topological polar surface area (TPSA) is 26.0 Å². The van der Waals surface area contributed by atoms with Crippen LogP contribution in [0, 0.1) is 19.7 Å². The van der Waals surface area contributed by atoms with Gasteiger partial charge in [-0.1, -0.05) is 29.8 Å². The molecule has 0 aliphatic heterocycles. The van der Waals surface area contributed by atoms with Crippen LogP contribution in [0.15, 0.2) is 36.4 Å². The lowest BCUT2D eigenvalue weighted by atomic mass is 9.94. The summed E-state index contributed by atoms with van der Waals surface area (Å²) in [5.41, 5.74) is 10.2. The third-order valence-corrected chi connectivity index (χ3v) is 3.52. The molecule has 0 fully saturated rings. The summed E-state index contributed by atoms with van der Waals surface area (Å²) in [4.78, 5) is 0. The molecule has 0 aliphatic carbocycles. The second-order valence-electron chi connectivity index (χ2n) is 4.49. The Labute approximate surface area is 111 Å². The monoisotopic (exact) mass is 263 g/mol. The molecular formula is C15H15ClFN. The third kappa shape index (κ3) is 2.55. The van der Waals surface area contributed by atoms with E-state index in [1.165, 1.54) is 12.1 Å². The van der Waals surface area contributed by atoms with Crippen molar-refractivity contribution in [2.24, 2.45) is 5.73 Å². The van der Waals surface area contributed by atoms with E-state index < -0.39 is 0 Å². The van der Waals surface area contributed by atoms with Gasteiger partial charge in [0, 0.05) is 5.02 Å². The Morgan fingerprint density at radius 1 is 1.06 bits per heavy atom. The van der Waals surface area contributed by atoms with Crippen molar-refractivity contribution in [1.82, 2.24) is 0 Å². The van der Waals surface area contributed by atoms with Crippen molar-refractivity contribution < 1.29 is 4.39 Å². The van der Waals surface area contributed by atoms with Gasteiger partial charge in [-0.2, -0.15) is 0 Å². The summed E-state index contributed by atoms with van der Waals surface area (Å²) < 4.78 is 12.9. The van der Waals surface area contributed by atoms with Gasteiger partial charge in [-0.25, -0.2) is 4.39 Å². The number of hydrogen-bond acceptors (Lipinski definition) is 1. The van der Waals surface area contributed by atoms with Crippen LogP contribution >= 0.6 is 11.6 Å². The summed E-state index contributed by atoms with van der Waals surface area (Å²) in [7, 11) is 0. The molecule has 1 atom stereocenters. The first kappa shape index (κ1) is 13.1. The van der Waals surface area contributed by atoms with Crippen LogP contribution < -0.4 is 5.73 Å². The molecule has 0 heterocycles. The SMILES string of the molecule is Cc1cc(C(N)c2ccc(F)cc2)c(C)cc1Cl. The van der Waals surface area contributed by atoms with Crippen LogP contribution in [0.1, 0.15) is 28.3 Å². The van der Waals surface area contributed by atoms with Crippen LogP contribution in [-0.4, -0.2) is 0 Å². The van der Waals surface area contributed by atoms with Gasteiger partial charge in [-0.15, -0.1) is 0 Å². The van der Waals surface area contributed by atoms with Crippen LogP contribution in [0.3, 0.4) is 0 Å². The predicted octanol–water partition coefficient (Wildman–Crippen LogP) is 4.14. The average molecular weight is 264 g/mol. The van der Waals surface area contributed by atoms with Crippen LogP contribution in [0.2, 0.25) is 5.02 Å². The summed E-state index contributed by atoms with van der Waals surface area (Å²) in [6.45, 7) is 3.92. The fourth-order valence-electron chi connectivity index (χ4n) is 1.99. The van der Waals surface area contributed by atoms with Gasteiger partial charge in [0.15, 0.2) is 0 Å². The van der Waals surface area contributed by atoms with Crippen molar-refractivity contribution in [3.8, 4) is 0 Å². The van der Waals surface area contributed by atoms with E-state index in [1.54, 1.807) is 12.1 Å². The normalized spacial score (nSPS) is 12.5. The molecule has 0 radical (unpaired) electrons. The second-order valence-corrected chi connectivity index (χ2v) is 4.89. The van der Waals surface area contributed by atoms with Crippen molar-refractivity contribution in [3.63, 3.8) is 0 Å². The van der Waals surface area contributed by atoms with E-state index in [4.69, 9.17) is 17.3 Å². The minimum absolute atomic E-state index is 0.255. The molecule has 0 bridgehead atoms. The molecule has 0 aliphatic rings. The zero-order valence-electron chi connectivity index (χ0n) is 10.4. The van der Waals surface area contributed by atoms with Gasteiger partial charge in [-0.05, 0) is 54.3 Å². The van der Waals surface area contributed by atoms with E-state index in [0.717, 1.165) is 27.3 Å². The lowest BCUT2D eigenvalue weighted by molar-refractivity contribution is 0.626. The number of rotatable bonds is 2. The number of benzene rings is 2. The fraction of sp³-hybridized carbons (Fsp3) is 0.200. The van der Waals surface area contributed by atoms with Crippen molar-refractivity contribution >= 4 is 11.6 Å². The Hall–Kier alpha value is -1.38. The molecule has 94 valence electrons. The molecule has 1 nitrogen and oxygen atoms in total. The van der Waals surface area contributed by atoms with Crippen LogP contribution in [0.5, 0.6) is 0 Å². The van der Waals surface area contributed by atoms with Crippen LogP contribution in [0.4, 0.5) is 4.39 Å². The Morgan fingerprint density at radius 2 is 1.67 bits per heavy atom. The van der Waals surface area contributed by atoms with E-state index in [9.17, 15) is 4.39 Å². The number of hydrogen-bond donors (Lipinski definition) is 1. The number of aryl methyl sites for hydroxylation is 2. The molecule has 0 saturated carbocycles. The Kier molecular flexibility index (Phi) is 3.69. The molecule has 2 aromatic rings. The molecule has 0 saturated heterocycles. The molecular weight excluding hydrogens is 249 g/mol. The fourth-order valence-corrected chi connectivity index (χ4v) is 2.21. The highest BCUT2D eigenvalue weighted by Crippen LogP contribution is 2.27. The molecule has 3 heteroatoms.